The van der Waals surface area contributed by atoms with Gasteiger partial charge in [-0.05, 0) is 55.7 Å². The van der Waals surface area contributed by atoms with Crippen molar-refractivity contribution in [1.29, 1.82) is 0 Å². The van der Waals surface area contributed by atoms with Crippen molar-refractivity contribution in [3.05, 3.63) is 58.9 Å². The summed E-state index contributed by atoms with van der Waals surface area (Å²) in [4.78, 5) is 12.5. The van der Waals surface area contributed by atoms with E-state index in [0.29, 0.717) is 18.5 Å². The van der Waals surface area contributed by atoms with Gasteiger partial charge in [-0.3, -0.25) is 4.79 Å². The largest absolute Gasteiger partial charge is 0.326 e. The molecule has 1 heterocycles. The van der Waals surface area contributed by atoms with E-state index in [2.05, 4.69) is 5.32 Å². The van der Waals surface area contributed by atoms with Crippen molar-refractivity contribution in [2.45, 2.75) is 24.7 Å². The van der Waals surface area contributed by atoms with Crippen molar-refractivity contribution in [2.24, 2.45) is 5.92 Å². The molecule has 2 aromatic rings. The van der Waals surface area contributed by atoms with Crippen LogP contribution >= 0.6 is 11.6 Å². The molecule has 1 saturated heterocycles. The molecule has 0 unspecified atom stereocenters. The van der Waals surface area contributed by atoms with Gasteiger partial charge in [-0.25, -0.2) is 12.8 Å². The van der Waals surface area contributed by atoms with Crippen LogP contribution in [-0.2, 0) is 14.8 Å². The number of nitrogens with one attached hydrogen (secondary N) is 1. The number of nitrogens with zero attached hydrogens (tertiary/aromatic N) is 1. The summed E-state index contributed by atoms with van der Waals surface area (Å²) in [5, 5.41) is 2.87. The Balaban J connectivity index is 1.66. The van der Waals surface area contributed by atoms with Gasteiger partial charge in [0.05, 0.1) is 5.02 Å². The minimum atomic E-state index is -3.71. The molecule has 1 aliphatic rings. The normalized spacial score (nSPS) is 16.3. The van der Waals surface area contributed by atoms with Crippen molar-refractivity contribution in [2.75, 3.05) is 18.4 Å². The Kier molecular flexibility index (Phi) is 5.83. The second-order valence-corrected chi connectivity index (χ2v) is 8.93. The molecule has 0 atom stereocenters. The number of piperidine rings is 1. The van der Waals surface area contributed by atoms with Gasteiger partial charge in [0, 0.05) is 24.7 Å². The lowest BCUT2D eigenvalue weighted by molar-refractivity contribution is -0.120. The van der Waals surface area contributed by atoms with E-state index in [9.17, 15) is 17.6 Å². The zero-order valence-electron chi connectivity index (χ0n) is 14.8. The Morgan fingerprint density at radius 2 is 1.89 bits per heavy atom. The third kappa shape index (κ3) is 4.48. The van der Waals surface area contributed by atoms with E-state index >= 15 is 0 Å². The Morgan fingerprint density at radius 1 is 1.19 bits per heavy atom. The van der Waals surface area contributed by atoms with Crippen LogP contribution in [0, 0.1) is 18.7 Å². The van der Waals surface area contributed by atoms with Crippen molar-refractivity contribution >= 4 is 33.2 Å². The number of benzene rings is 2. The van der Waals surface area contributed by atoms with Crippen LogP contribution in [0.25, 0.3) is 0 Å². The SMILES string of the molecule is Cc1ccc(Cl)c(S(=O)(=O)N2CCC(C(=O)Nc3cccc(F)c3)CC2)c1. The first-order valence-electron chi connectivity index (χ1n) is 8.60. The number of hydrogen-bond donors (Lipinski definition) is 1. The minimum absolute atomic E-state index is 0.0897. The highest BCUT2D eigenvalue weighted by Gasteiger charge is 2.33. The molecule has 0 bridgehead atoms. The number of sulfonamides is 1. The molecule has 0 saturated carbocycles. The molecular formula is C19H20ClFN2O3S. The van der Waals surface area contributed by atoms with E-state index in [-0.39, 0.29) is 34.8 Å². The smallest absolute Gasteiger partial charge is 0.244 e. The third-order valence-corrected chi connectivity index (χ3v) is 7.00. The molecular weight excluding hydrogens is 391 g/mol. The van der Waals surface area contributed by atoms with Gasteiger partial charge in [0.2, 0.25) is 15.9 Å². The molecule has 0 aromatic heterocycles. The van der Waals surface area contributed by atoms with Crippen LogP contribution in [0.15, 0.2) is 47.4 Å². The Morgan fingerprint density at radius 3 is 2.56 bits per heavy atom. The highest BCUT2D eigenvalue weighted by Crippen LogP contribution is 2.29. The van der Waals surface area contributed by atoms with Gasteiger partial charge in [-0.2, -0.15) is 4.31 Å². The first kappa shape index (κ1) is 19.8. The predicted molar refractivity (Wildman–Crippen MR) is 103 cm³/mol. The first-order valence-corrected chi connectivity index (χ1v) is 10.4. The maximum atomic E-state index is 13.2. The van der Waals surface area contributed by atoms with Crippen LogP contribution in [0.4, 0.5) is 10.1 Å². The fraction of sp³-hybridized carbons (Fsp3) is 0.316. The molecule has 1 amide bonds. The number of hydrogen-bond acceptors (Lipinski definition) is 3. The second-order valence-electron chi connectivity index (χ2n) is 6.61. The summed E-state index contributed by atoms with van der Waals surface area (Å²) >= 11 is 6.08. The first-order chi connectivity index (χ1) is 12.8. The van der Waals surface area contributed by atoms with Crippen LogP contribution in [-0.4, -0.2) is 31.7 Å². The molecule has 8 heteroatoms. The average Bonchev–Trinajstić information content (AvgIpc) is 2.63. The average molecular weight is 411 g/mol. The number of anilines is 1. The van der Waals surface area contributed by atoms with Gasteiger partial charge in [0.15, 0.2) is 0 Å². The number of amides is 1. The topological polar surface area (TPSA) is 66.5 Å². The summed E-state index contributed by atoms with van der Waals surface area (Å²) in [6.07, 6.45) is 0.785. The van der Waals surface area contributed by atoms with Gasteiger partial charge in [-0.1, -0.05) is 23.7 Å². The Hall–Kier alpha value is -1.96. The van der Waals surface area contributed by atoms with Gasteiger partial charge in [0.1, 0.15) is 10.7 Å². The molecule has 1 N–H and O–H groups in total. The predicted octanol–water partition coefficient (Wildman–Crippen LogP) is 3.83. The molecule has 27 heavy (non-hydrogen) atoms. The van der Waals surface area contributed by atoms with Gasteiger partial charge in [-0.15, -0.1) is 0 Å². The summed E-state index contributed by atoms with van der Waals surface area (Å²) in [7, 11) is -3.71. The highest BCUT2D eigenvalue weighted by atomic mass is 35.5. The molecule has 0 radical (unpaired) electrons. The fourth-order valence-electron chi connectivity index (χ4n) is 3.12. The maximum Gasteiger partial charge on any atom is 0.244 e. The summed E-state index contributed by atoms with van der Waals surface area (Å²) in [5.41, 5.74) is 1.20. The standard InChI is InChI=1S/C19H20ClFN2O3S/c1-13-5-6-17(20)18(11-13)27(25,26)23-9-7-14(8-10-23)19(24)22-16-4-2-3-15(21)12-16/h2-6,11-12,14H,7-10H2,1H3,(H,22,24). The van der Waals surface area contributed by atoms with Crippen molar-refractivity contribution in [1.82, 2.24) is 4.31 Å². The second kappa shape index (κ2) is 7.96. The maximum absolute atomic E-state index is 13.2. The highest BCUT2D eigenvalue weighted by molar-refractivity contribution is 7.89. The number of halogens is 2. The lowest BCUT2D eigenvalue weighted by atomic mass is 9.97. The number of rotatable bonds is 4. The van der Waals surface area contributed by atoms with Crippen molar-refractivity contribution in [3.8, 4) is 0 Å². The summed E-state index contributed by atoms with van der Waals surface area (Å²) in [6.45, 7) is 2.26. The van der Waals surface area contributed by atoms with Crippen molar-refractivity contribution < 1.29 is 17.6 Å². The number of carbonyl (C=O) groups excluding carboxylic acids is 1. The van der Waals surface area contributed by atoms with E-state index in [1.165, 1.54) is 22.5 Å². The molecule has 1 fully saturated rings. The minimum Gasteiger partial charge on any atom is -0.326 e. The molecule has 0 spiro atoms. The molecule has 5 nitrogen and oxygen atoms in total. The van der Waals surface area contributed by atoms with Gasteiger partial charge >= 0.3 is 0 Å². The number of carbonyl (C=O) groups is 1. The van der Waals surface area contributed by atoms with Crippen LogP contribution < -0.4 is 5.32 Å². The lowest BCUT2D eigenvalue weighted by Gasteiger charge is -2.30. The summed E-state index contributed by atoms with van der Waals surface area (Å²) in [6, 6.07) is 10.6. The van der Waals surface area contributed by atoms with Crippen LogP contribution in [0.3, 0.4) is 0 Å². The van der Waals surface area contributed by atoms with Crippen molar-refractivity contribution in [3.63, 3.8) is 0 Å². The van der Waals surface area contributed by atoms with Crippen LogP contribution in [0.5, 0.6) is 0 Å². The zero-order chi connectivity index (χ0) is 19.6. The summed E-state index contributed by atoms with van der Waals surface area (Å²) < 4.78 is 40.3. The van der Waals surface area contributed by atoms with E-state index < -0.39 is 15.8 Å². The van der Waals surface area contributed by atoms with E-state index in [4.69, 9.17) is 11.6 Å². The summed E-state index contributed by atoms with van der Waals surface area (Å²) in [5.74, 6) is -0.984. The molecule has 0 aliphatic carbocycles. The van der Waals surface area contributed by atoms with E-state index in [1.54, 1.807) is 31.2 Å². The van der Waals surface area contributed by atoms with E-state index in [0.717, 1.165) is 5.56 Å². The third-order valence-electron chi connectivity index (χ3n) is 4.62. The number of aryl methyl sites for hydroxylation is 1. The Labute approximate surface area is 163 Å². The van der Waals surface area contributed by atoms with E-state index in [1.807, 2.05) is 0 Å². The lowest BCUT2D eigenvalue weighted by Crippen LogP contribution is -2.41. The molecule has 144 valence electrons. The quantitative estimate of drug-likeness (QED) is 0.833. The van der Waals surface area contributed by atoms with Gasteiger partial charge < -0.3 is 5.32 Å². The van der Waals surface area contributed by atoms with Gasteiger partial charge in [0.25, 0.3) is 0 Å². The fourth-order valence-corrected chi connectivity index (χ4v) is 5.15. The molecule has 3 rings (SSSR count). The monoisotopic (exact) mass is 410 g/mol. The van der Waals surface area contributed by atoms with Crippen LogP contribution in [0.1, 0.15) is 18.4 Å². The zero-order valence-corrected chi connectivity index (χ0v) is 16.4. The molecule has 2 aromatic carbocycles. The Bertz CT molecular complexity index is 957. The van der Waals surface area contributed by atoms with Crippen LogP contribution in [0.2, 0.25) is 5.02 Å². The molecule has 1 aliphatic heterocycles.